The Hall–Kier alpha value is -1.85. The number of nitrogens with zero attached hydrogens (tertiary/aromatic N) is 1. The van der Waals surface area contributed by atoms with Crippen LogP contribution in [0.3, 0.4) is 0 Å². The van der Waals surface area contributed by atoms with Gasteiger partial charge < -0.3 is 10.5 Å². The zero-order chi connectivity index (χ0) is 12.7. The number of primary amides is 1. The number of ether oxygens (including phenoxy) is 1. The minimum atomic E-state index is -0.910. The minimum Gasteiger partial charge on any atom is -0.455 e. The van der Waals surface area contributed by atoms with Gasteiger partial charge in [-0.2, -0.15) is 4.84 Å². The number of hydrogen-bond acceptors (Lipinski definition) is 4. The smallest absolute Gasteiger partial charge is 0.455 e. The van der Waals surface area contributed by atoms with Crippen LogP contribution < -0.4 is 5.73 Å². The van der Waals surface area contributed by atoms with Gasteiger partial charge in [0.05, 0.1) is 0 Å². The molecule has 0 unspecified atom stereocenters. The van der Waals surface area contributed by atoms with Gasteiger partial charge in [-0.05, 0) is 11.7 Å². The molecule has 90 valence electrons. The molecule has 6 heteroatoms. The van der Waals surface area contributed by atoms with E-state index in [0.29, 0.717) is 5.57 Å². The second-order valence-electron chi connectivity index (χ2n) is 3.38. The van der Waals surface area contributed by atoms with E-state index in [9.17, 15) is 9.59 Å². The maximum atomic E-state index is 11.0. The van der Waals surface area contributed by atoms with Crippen molar-refractivity contribution < 1.29 is 23.9 Å². The third kappa shape index (κ3) is 5.79. The molecule has 0 aliphatic heterocycles. The van der Waals surface area contributed by atoms with Crippen molar-refractivity contribution in [1.82, 2.24) is 0 Å². The quantitative estimate of drug-likeness (QED) is 0.187. The van der Waals surface area contributed by atoms with E-state index in [-0.39, 0.29) is 13.2 Å². The van der Waals surface area contributed by atoms with Gasteiger partial charge >= 0.3 is 12.1 Å². The molecule has 0 bridgehead atoms. The molecule has 6 nitrogen and oxygen atoms in total. The fraction of sp³-hybridized carbons (Fsp3) is 0.500. The second-order valence-corrected chi connectivity index (χ2v) is 3.38. The molecule has 0 aliphatic rings. The predicted octanol–water partition coefficient (Wildman–Crippen LogP) is 0.609. The molecule has 16 heavy (non-hydrogen) atoms. The molecule has 0 radical (unpaired) electrons. The van der Waals surface area contributed by atoms with Crippen LogP contribution in [0.5, 0.6) is 0 Å². The Labute approximate surface area is 94.3 Å². The van der Waals surface area contributed by atoms with Crippen LogP contribution in [-0.2, 0) is 14.4 Å². The van der Waals surface area contributed by atoms with E-state index in [1.54, 1.807) is 20.8 Å². The number of carbonyl (C=O) groups excluding carboxylic acids is 2. The van der Waals surface area contributed by atoms with Gasteiger partial charge in [0.1, 0.15) is 0 Å². The average molecular weight is 229 g/mol. The number of hydrogen-bond donors (Lipinski definition) is 1. The Kier molecular flexibility index (Phi) is 5.84. The van der Waals surface area contributed by atoms with Crippen LogP contribution in [0.25, 0.3) is 0 Å². The Morgan fingerprint density at radius 1 is 1.31 bits per heavy atom. The SMILES string of the molecule is C=C(C)C(=O)OCC[N+](OC(N)=O)=C(C)C. The lowest BCUT2D eigenvalue weighted by Gasteiger charge is -2.03. The normalized spacial score (nSPS) is 9.19. The van der Waals surface area contributed by atoms with Crippen molar-refractivity contribution in [3.8, 4) is 0 Å². The second kappa shape index (κ2) is 6.60. The molecule has 0 rings (SSSR count). The van der Waals surface area contributed by atoms with Gasteiger partial charge in [0.15, 0.2) is 12.3 Å². The number of esters is 1. The Morgan fingerprint density at radius 2 is 1.88 bits per heavy atom. The number of hydroxylamine groups is 1. The lowest BCUT2D eigenvalue weighted by molar-refractivity contribution is -0.759. The van der Waals surface area contributed by atoms with Gasteiger partial charge in [0.2, 0.25) is 6.54 Å². The van der Waals surface area contributed by atoms with Crippen molar-refractivity contribution in [3.63, 3.8) is 0 Å². The molecule has 0 fully saturated rings. The summed E-state index contributed by atoms with van der Waals surface area (Å²) in [4.78, 5) is 26.3. The molecule has 2 N–H and O–H groups in total. The Bertz CT molecular complexity index is 330. The summed E-state index contributed by atoms with van der Waals surface area (Å²) < 4.78 is 6.10. The first-order valence-corrected chi connectivity index (χ1v) is 4.72. The summed E-state index contributed by atoms with van der Waals surface area (Å²) in [6, 6.07) is 0. The number of amides is 1. The fourth-order valence-corrected chi connectivity index (χ4v) is 0.814. The van der Waals surface area contributed by atoms with Gasteiger partial charge in [0.25, 0.3) is 0 Å². The monoisotopic (exact) mass is 229 g/mol. The van der Waals surface area contributed by atoms with Gasteiger partial charge in [-0.15, -0.1) is 0 Å². The summed E-state index contributed by atoms with van der Waals surface area (Å²) in [5.74, 6) is -0.479. The highest BCUT2D eigenvalue weighted by molar-refractivity contribution is 5.86. The Balaban J connectivity index is 4.16. The number of rotatable bonds is 5. The molecule has 0 heterocycles. The molecule has 0 saturated carbocycles. The van der Waals surface area contributed by atoms with Gasteiger partial charge in [-0.3, -0.25) is 0 Å². The maximum absolute atomic E-state index is 11.0. The van der Waals surface area contributed by atoms with E-state index < -0.39 is 12.1 Å². The summed E-state index contributed by atoms with van der Waals surface area (Å²) in [5.41, 5.74) is 5.92. The Morgan fingerprint density at radius 3 is 2.25 bits per heavy atom. The van der Waals surface area contributed by atoms with Crippen molar-refractivity contribution in [2.24, 2.45) is 5.73 Å². The van der Waals surface area contributed by atoms with Gasteiger partial charge in [-0.1, -0.05) is 6.58 Å². The van der Waals surface area contributed by atoms with Gasteiger partial charge in [0, 0.05) is 19.4 Å². The average Bonchev–Trinajstić information content (AvgIpc) is 2.14. The van der Waals surface area contributed by atoms with Crippen LogP contribution in [0, 0.1) is 0 Å². The third-order valence-electron chi connectivity index (χ3n) is 1.57. The van der Waals surface area contributed by atoms with Crippen LogP contribution in [0.1, 0.15) is 20.8 Å². The standard InChI is InChI=1S/C10H16N2O4/c1-7(2)9(13)15-6-5-12(8(3)4)16-10(11)14/h1,5-6H2,2-4H3,(H-,11,14)/p+1. The van der Waals surface area contributed by atoms with E-state index in [2.05, 4.69) is 11.4 Å². The molecular formula is C10H17N2O4+. The minimum absolute atomic E-state index is 0.0875. The largest absolute Gasteiger partial charge is 0.472 e. The van der Waals surface area contributed by atoms with E-state index in [1.807, 2.05) is 0 Å². The summed E-state index contributed by atoms with van der Waals surface area (Å²) >= 11 is 0. The van der Waals surface area contributed by atoms with Crippen LogP contribution >= 0.6 is 0 Å². The molecule has 0 aliphatic carbocycles. The van der Waals surface area contributed by atoms with E-state index in [0.717, 1.165) is 5.71 Å². The summed E-state index contributed by atoms with van der Waals surface area (Å²) in [6.45, 7) is 8.78. The van der Waals surface area contributed by atoms with E-state index >= 15 is 0 Å². The molecular weight excluding hydrogens is 212 g/mol. The van der Waals surface area contributed by atoms with Crippen LogP contribution in [0.4, 0.5) is 4.79 Å². The first kappa shape index (κ1) is 14.2. The number of nitrogens with two attached hydrogens (primary N) is 1. The van der Waals surface area contributed by atoms with Gasteiger partial charge in [-0.25, -0.2) is 9.59 Å². The molecule has 0 aromatic heterocycles. The van der Waals surface area contributed by atoms with Crippen molar-refractivity contribution >= 4 is 17.8 Å². The van der Waals surface area contributed by atoms with Crippen molar-refractivity contribution in [2.45, 2.75) is 20.8 Å². The highest BCUT2D eigenvalue weighted by atomic mass is 16.7. The number of carbonyl (C=O) groups is 2. The highest BCUT2D eigenvalue weighted by Gasteiger charge is 2.14. The first-order chi connectivity index (χ1) is 7.34. The topological polar surface area (TPSA) is 81.6 Å². The lowest BCUT2D eigenvalue weighted by Crippen LogP contribution is -2.29. The third-order valence-corrected chi connectivity index (χ3v) is 1.57. The van der Waals surface area contributed by atoms with E-state index in [4.69, 9.17) is 10.5 Å². The fourth-order valence-electron chi connectivity index (χ4n) is 0.814. The molecule has 0 aromatic carbocycles. The summed E-state index contributed by atoms with van der Waals surface area (Å²) in [7, 11) is 0. The van der Waals surface area contributed by atoms with Crippen LogP contribution in [-0.4, -0.2) is 35.7 Å². The zero-order valence-corrected chi connectivity index (χ0v) is 9.78. The summed E-state index contributed by atoms with van der Waals surface area (Å²) in [5, 5.41) is 0. The van der Waals surface area contributed by atoms with Crippen LogP contribution in [0.2, 0.25) is 0 Å². The first-order valence-electron chi connectivity index (χ1n) is 4.72. The van der Waals surface area contributed by atoms with Crippen LogP contribution in [0.15, 0.2) is 12.2 Å². The van der Waals surface area contributed by atoms with Crippen molar-refractivity contribution in [3.05, 3.63) is 12.2 Å². The molecule has 0 saturated heterocycles. The predicted molar refractivity (Wildman–Crippen MR) is 57.9 cm³/mol. The molecule has 0 spiro atoms. The highest BCUT2D eigenvalue weighted by Crippen LogP contribution is 1.92. The van der Waals surface area contributed by atoms with E-state index in [1.165, 1.54) is 4.74 Å². The molecule has 0 aromatic rings. The maximum Gasteiger partial charge on any atom is 0.472 e. The van der Waals surface area contributed by atoms with Crippen molar-refractivity contribution in [2.75, 3.05) is 13.2 Å². The summed E-state index contributed by atoms with van der Waals surface area (Å²) in [6.07, 6.45) is -0.910. The molecule has 0 atom stereocenters. The molecule has 1 amide bonds. The lowest BCUT2D eigenvalue weighted by atomic mass is 10.4. The zero-order valence-electron chi connectivity index (χ0n) is 9.78. The van der Waals surface area contributed by atoms with Crippen molar-refractivity contribution in [1.29, 1.82) is 0 Å².